The fourth-order valence-corrected chi connectivity index (χ4v) is 2.63. The van der Waals surface area contributed by atoms with Crippen LogP contribution in [0.5, 0.6) is 0 Å². The summed E-state index contributed by atoms with van der Waals surface area (Å²) in [6.45, 7) is 2.92. The maximum absolute atomic E-state index is 12.0. The van der Waals surface area contributed by atoms with E-state index in [4.69, 9.17) is 28.3 Å². The van der Waals surface area contributed by atoms with Gasteiger partial charge in [-0.25, -0.2) is 4.79 Å². The number of rotatable bonds is 4. The van der Waals surface area contributed by atoms with Gasteiger partial charge in [-0.2, -0.15) is 0 Å². The second-order valence-corrected chi connectivity index (χ2v) is 6.38. The molecule has 1 aromatic rings. The second kappa shape index (κ2) is 5.26. The lowest BCUT2D eigenvalue weighted by Gasteiger charge is -2.21. The molecule has 4 nitrogen and oxygen atoms in total. The molecule has 0 heterocycles. The average molecular weight is 316 g/mol. The molecular formula is C14H15Cl2NO3. The Morgan fingerprint density at radius 3 is 2.55 bits per heavy atom. The maximum Gasteiger partial charge on any atom is 0.328 e. The van der Waals surface area contributed by atoms with Gasteiger partial charge in [-0.1, -0.05) is 29.3 Å². The van der Waals surface area contributed by atoms with Crippen LogP contribution in [0.25, 0.3) is 0 Å². The number of carboxylic acid groups (broad SMARTS) is 1. The van der Waals surface area contributed by atoms with Crippen LogP contribution in [0, 0.1) is 5.92 Å². The van der Waals surface area contributed by atoms with Crippen molar-refractivity contribution in [2.45, 2.75) is 31.7 Å². The molecular weight excluding hydrogens is 301 g/mol. The van der Waals surface area contributed by atoms with E-state index in [1.54, 1.807) is 12.1 Å². The van der Waals surface area contributed by atoms with Gasteiger partial charge in [0.1, 0.15) is 5.54 Å². The van der Waals surface area contributed by atoms with Crippen LogP contribution in [0.15, 0.2) is 18.2 Å². The Morgan fingerprint density at radius 1 is 1.35 bits per heavy atom. The summed E-state index contributed by atoms with van der Waals surface area (Å²) in [5.74, 6) is -1.52. The number of amides is 1. The molecule has 2 atom stereocenters. The van der Waals surface area contributed by atoms with Gasteiger partial charge in [0.15, 0.2) is 0 Å². The molecule has 0 aromatic heterocycles. The summed E-state index contributed by atoms with van der Waals surface area (Å²) in [7, 11) is 0. The summed E-state index contributed by atoms with van der Waals surface area (Å²) >= 11 is 11.9. The number of carbonyl (C=O) groups is 2. The third-order valence-electron chi connectivity index (χ3n) is 3.46. The van der Waals surface area contributed by atoms with E-state index in [1.807, 2.05) is 6.07 Å². The third-order valence-corrected chi connectivity index (χ3v) is 4.02. The Hall–Kier alpha value is -1.26. The number of aliphatic carboxylic acids is 1. The molecule has 1 saturated carbocycles. The molecule has 0 saturated heterocycles. The van der Waals surface area contributed by atoms with Gasteiger partial charge in [0, 0.05) is 16.0 Å². The van der Waals surface area contributed by atoms with Crippen molar-refractivity contribution in [1.82, 2.24) is 5.32 Å². The van der Waals surface area contributed by atoms with E-state index in [1.165, 1.54) is 13.8 Å². The van der Waals surface area contributed by atoms with E-state index in [-0.39, 0.29) is 17.7 Å². The number of carboxylic acids is 1. The summed E-state index contributed by atoms with van der Waals surface area (Å²) < 4.78 is 0. The maximum atomic E-state index is 12.0. The Balaban J connectivity index is 2.05. The summed E-state index contributed by atoms with van der Waals surface area (Å²) in [5, 5.41) is 12.6. The Labute approximate surface area is 127 Å². The van der Waals surface area contributed by atoms with E-state index in [2.05, 4.69) is 5.32 Å². The quantitative estimate of drug-likeness (QED) is 0.897. The lowest BCUT2D eigenvalue weighted by atomic mass is 10.0. The summed E-state index contributed by atoms with van der Waals surface area (Å²) in [6, 6.07) is 5.19. The van der Waals surface area contributed by atoms with E-state index in [0.717, 1.165) is 5.56 Å². The minimum atomic E-state index is -1.27. The lowest BCUT2D eigenvalue weighted by molar-refractivity contribution is -0.146. The number of halogens is 2. The van der Waals surface area contributed by atoms with Gasteiger partial charge in [-0.3, -0.25) is 4.79 Å². The van der Waals surface area contributed by atoms with Gasteiger partial charge in [0.25, 0.3) is 0 Å². The fraction of sp³-hybridized carbons (Fsp3) is 0.429. The van der Waals surface area contributed by atoms with Crippen molar-refractivity contribution in [2.24, 2.45) is 5.92 Å². The lowest BCUT2D eigenvalue weighted by Crippen LogP contribution is -2.50. The molecule has 2 unspecified atom stereocenters. The van der Waals surface area contributed by atoms with Gasteiger partial charge in [-0.05, 0) is 43.9 Å². The highest BCUT2D eigenvalue weighted by Gasteiger charge is 2.46. The first-order valence-electron chi connectivity index (χ1n) is 6.23. The number of carbonyl (C=O) groups excluding carboxylic acids is 1. The molecule has 0 aliphatic heterocycles. The highest BCUT2D eigenvalue weighted by molar-refractivity contribution is 6.35. The van der Waals surface area contributed by atoms with Crippen molar-refractivity contribution in [3.05, 3.63) is 33.8 Å². The van der Waals surface area contributed by atoms with Crippen molar-refractivity contribution in [1.29, 1.82) is 0 Å². The molecule has 0 spiro atoms. The largest absolute Gasteiger partial charge is 0.480 e. The summed E-state index contributed by atoms with van der Waals surface area (Å²) in [5.41, 5.74) is -0.391. The Bertz CT molecular complexity index is 572. The standard InChI is InChI=1S/C14H15Cl2NO3/c1-14(2,13(19)20)17-12(18)10-6-9(10)8-4-3-7(15)5-11(8)16/h3-5,9-10H,6H2,1-2H3,(H,17,18)(H,19,20). The van der Waals surface area contributed by atoms with Crippen molar-refractivity contribution in [2.75, 3.05) is 0 Å². The highest BCUT2D eigenvalue weighted by Crippen LogP contribution is 2.50. The van der Waals surface area contributed by atoms with Gasteiger partial charge in [0.2, 0.25) is 5.91 Å². The molecule has 20 heavy (non-hydrogen) atoms. The first kappa shape index (κ1) is 15.1. The summed E-state index contributed by atoms with van der Waals surface area (Å²) in [4.78, 5) is 23.0. The average Bonchev–Trinajstić information content (AvgIpc) is 3.08. The van der Waals surface area contributed by atoms with Crippen LogP contribution in [0.1, 0.15) is 31.7 Å². The van der Waals surface area contributed by atoms with Crippen molar-refractivity contribution in [3.8, 4) is 0 Å². The predicted octanol–water partition coefficient (Wildman–Crippen LogP) is 3.08. The van der Waals surface area contributed by atoms with Crippen molar-refractivity contribution in [3.63, 3.8) is 0 Å². The van der Waals surface area contributed by atoms with Crippen LogP contribution < -0.4 is 5.32 Å². The monoisotopic (exact) mass is 315 g/mol. The zero-order valence-corrected chi connectivity index (χ0v) is 12.6. The molecule has 1 aliphatic rings. The molecule has 108 valence electrons. The molecule has 2 rings (SSSR count). The van der Waals surface area contributed by atoms with Gasteiger partial charge < -0.3 is 10.4 Å². The smallest absolute Gasteiger partial charge is 0.328 e. The van der Waals surface area contributed by atoms with E-state index in [0.29, 0.717) is 16.5 Å². The zero-order valence-electron chi connectivity index (χ0n) is 11.1. The molecule has 2 N–H and O–H groups in total. The SMILES string of the molecule is CC(C)(NC(=O)C1CC1c1ccc(Cl)cc1Cl)C(=O)O. The summed E-state index contributed by atoms with van der Waals surface area (Å²) in [6.07, 6.45) is 0.670. The van der Waals surface area contributed by atoms with Crippen LogP contribution in [0.4, 0.5) is 0 Å². The second-order valence-electron chi connectivity index (χ2n) is 5.53. The van der Waals surface area contributed by atoms with Crippen LogP contribution in [0.3, 0.4) is 0 Å². The number of benzene rings is 1. The normalized spacial score (nSPS) is 21.4. The molecule has 0 bridgehead atoms. The molecule has 1 amide bonds. The van der Waals surface area contributed by atoms with E-state index in [9.17, 15) is 9.59 Å². The number of hydrogen-bond acceptors (Lipinski definition) is 2. The third kappa shape index (κ3) is 3.07. The fourth-order valence-electron chi connectivity index (χ4n) is 2.08. The topological polar surface area (TPSA) is 66.4 Å². The van der Waals surface area contributed by atoms with Crippen molar-refractivity contribution < 1.29 is 14.7 Å². The number of hydrogen-bond donors (Lipinski definition) is 2. The van der Waals surface area contributed by atoms with Gasteiger partial charge >= 0.3 is 5.97 Å². The predicted molar refractivity (Wildman–Crippen MR) is 77.2 cm³/mol. The van der Waals surface area contributed by atoms with E-state index < -0.39 is 11.5 Å². The van der Waals surface area contributed by atoms with Gasteiger partial charge in [-0.15, -0.1) is 0 Å². The molecule has 6 heteroatoms. The van der Waals surface area contributed by atoms with Crippen LogP contribution >= 0.6 is 23.2 Å². The first-order valence-corrected chi connectivity index (χ1v) is 6.98. The van der Waals surface area contributed by atoms with Crippen LogP contribution in [-0.2, 0) is 9.59 Å². The molecule has 1 aromatic carbocycles. The molecule has 1 fully saturated rings. The Morgan fingerprint density at radius 2 is 2.00 bits per heavy atom. The molecule has 1 aliphatic carbocycles. The first-order chi connectivity index (χ1) is 9.22. The molecule has 0 radical (unpaired) electrons. The van der Waals surface area contributed by atoms with Crippen LogP contribution in [0.2, 0.25) is 10.0 Å². The van der Waals surface area contributed by atoms with E-state index >= 15 is 0 Å². The van der Waals surface area contributed by atoms with Gasteiger partial charge in [0.05, 0.1) is 0 Å². The highest BCUT2D eigenvalue weighted by atomic mass is 35.5. The number of nitrogens with one attached hydrogen (secondary N) is 1. The van der Waals surface area contributed by atoms with Crippen molar-refractivity contribution >= 4 is 35.1 Å². The minimum Gasteiger partial charge on any atom is -0.480 e. The van der Waals surface area contributed by atoms with Crippen LogP contribution in [-0.4, -0.2) is 22.5 Å². The minimum absolute atomic E-state index is 0.0318. The Kier molecular flexibility index (Phi) is 3.98. The zero-order chi connectivity index (χ0) is 15.1.